The van der Waals surface area contributed by atoms with Gasteiger partial charge in [0.1, 0.15) is 12.4 Å². The van der Waals surface area contributed by atoms with E-state index >= 15 is 0 Å². The van der Waals surface area contributed by atoms with Crippen LogP contribution >= 0.6 is 61.1 Å². The van der Waals surface area contributed by atoms with Crippen molar-refractivity contribution in [3.63, 3.8) is 0 Å². The van der Waals surface area contributed by atoms with E-state index in [-0.39, 0.29) is 24.0 Å². The molecule has 4 rings (SSSR count). The number of hydrogen-bond donors (Lipinski definition) is 0. The number of hydrogen-bond acceptors (Lipinski definition) is 5. The van der Waals surface area contributed by atoms with Crippen molar-refractivity contribution < 1.29 is 23.4 Å². The van der Waals surface area contributed by atoms with Crippen molar-refractivity contribution in [2.45, 2.75) is 6.61 Å². The van der Waals surface area contributed by atoms with E-state index < -0.39 is 5.97 Å². The number of esters is 1. The average Bonchev–Trinajstić information content (AvgIpc) is 3.14. The van der Waals surface area contributed by atoms with Gasteiger partial charge in [0.15, 0.2) is 17.2 Å². The summed E-state index contributed by atoms with van der Waals surface area (Å²) in [5.74, 6) is 0.426. The minimum atomic E-state index is -0.528. The molecule has 0 saturated carbocycles. The van der Waals surface area contributed by atoms with E-state index in [9.17, 15) is 9.18 Å². The third-order valence-electron chi connectivity index (χ3n) is 4.61. The molecule has 1 aliphatic rings. The lowest BCUT2D eigenvalue weighted by Crippen LogP contribution is -2.05. The van der Waals surface area contributed by atoms with Crippen LogP contribution in [0.15, 0.2) is 69.8 Å². The monoisotopic (exact) mass is 733 g/mol. The average molecular weight is 734 g/mol. The van der Waals surface area contributed by atoms with Crippen LogP contribution in [0, 0.1) is 13.0 Å². The molecular formula is C24H15BrFI2NO4. The van der Waals surface area contributed by atoms with E-state index in [0.29, 0.717) is 28.2 Å². The van der Waals surface area contributed by atoms with Crippen molar-refractivity contribution in [2.24, 2.45) is 4.99 Å². The minimum absolute atomic E-state index is 0.186. The van der Waals surface area contributed by atoms with Crippen LogP contribution in [0.25, 0.3) is 6.08 Å². The van der Waals surface area contributed by atoms with Crippen molar-refractivity contribution in [1.82, 2.24) is 0 Å². The molecule has 0 N–H and O–H groups in total. The lowest BCUT2D eigenvalue weighted by atomic mass is 10.1. The predicted molar refractivity (Wildman–Crippen MR) is 144 cm³/mol. The molecule has 0 saturated heterocycles. The lowest BCUT2D eigenvalue weighted by molar-refractivity contribution is -0.129. The van der Waals surface area contributed by atoms with E-state index in [1.807, 2.05) is 24.3 Å². The Morgan fingerprint density at radius 3 is 2.67 bits per heavy atom. The normalized spacial score (nSPS) is 14.3. The number of carbonyl (C=O) groups excluding carboxylic acids is 1. The molecule has 0 aliphatic carbocycles. The molecule has 0 unspecified atom stereocenters. The van der Waals surface area contributed by atoms with E-state index in [2.05, 4.69) is 66.1 Å². The van der Waals surface area contributed by atoms with Gasteiger partial charge in [0, 0.05) is 13.6 Å². The highest BCUT2D eigenvalue weighted by atomic mass is 127. The van der Waals surface area contributed by atoms with Crippen molar-refractivity contribution in [2.75, 3.05) is 7.11 Å². The van der Waals surface area contributed by atoms with Crippen LogP contribution in [0.1, 0.15) is 16.7 Å². The maximum Gasteiger partial charge on any atom is 0.363 e. The van der Waals surface area contributed by atoms with Gasteiger partial charge in [0.05, 0.1) is 10.7 Å². The zero-order valence-corrected chi connectivity index (χ0v) is 23.0. The molecule has 3 aromatic carbocycles. The Hall–Kier alpha value is -1.99. The van der Waals surface area contributed by atoms with Gasteiger partial charge in [-0.05, 0) is 121 Å². The molecule has 0 fully saturated rings. The molecule has 0 aromatic heterocycles. The Balaban J connectivity index is 1.59. The number of benzene rings is 3. The van der Waals surface area contributed by atoms with Crippen molar-refractivity contribution >= 4 is 79.1 Å². The molecule has 5 nitrogen and oxygen atoms in total. The maximum atomic E-state index is 13.4. The summed E-state index contributed by atoms with van der Waals surface area (Å²) in [6, 6.07) is 15.4. The zero-order valence-electron chi connectivity index (χ0n) is 17.1. The maximum absolute atomic E-state index is 13.4. The first-order chi connectivity index (χ1) is 15.8. The summed E-state index contributed by atoms with van der Waals surface area (Å²) in [6.07, 6.45) is 1.64. The third kappa shape index (κ3) is 5.75. The minimum Gasteiger partial charge on any atom is -0.493 e. The van der Waals surface area contributed by atoms with Crippen LogP contribution in [0.3, 0.4) is 0 Å². The smallest absolute Gasteiger partial charge is 0.363 e. The molecule has 0 bridgehead atoms. The van der Waals surface area contributed by atoms with Gasteiger partial charge in [0.2, 0.25) is 5.90 Å². The number of aliphatic imine (C=N–C) groups is 1. The molecule has 9 heteroatoms. The number of rotatable bonds is 6. The summed E-state index contributed by atoms with van der Waals surface area (Å²) in [6.45, 7) is 0.191. The van der Waals surface area contributed by atoms with Gasteiger partial charge in [-0.15, -0.1) is 0 Å². The number of cyclic esters (lactones) is 1. The summed E-state index contributed by atoms with van der Waals surface area (Å²) in [5.41, 5.74) is 2.30. The van der Waals surface area contributed by atoms with Crippen LogP contribution in [-0.2, 0) is 16.1 Å². The number of ether oxygens (including phenoxy) is 3. The second-order valence-electron chi connectivity index (χ2n) is 6.92. The van der Waals surface area contributed by atoms with Crippen LogP contribution in [0.4, 0.5) is 4.39 Å². The zero-order chi connectivity index (χ0) is 23.5. The molecule has 0 radical (unpaired) electrons. The van der Waals surface area contributed by atoms with Gasteiger partial charge in [-0.3, -0.25) is 0 Å². The predicted octanol–water partition coefficient (Wildman–Crippen LogP) is 6.73. The number of halogens is 4. The Labute approximate surface area is 225 Å². The van der Waals surface area contributed by atoms with Crippen molar-refractivity contribution in [1.29, 1.82) is 0 Å². The second-order valence-corrected chi connectivity index (χ2v) is 10.1. The standard InChI is InChI=1S/C24H15BrFI2NO4/c1-31-21-10-14(8-19(28)22(21)32-12-13-3-2-4-16(26)7-13)9-20-24(30)33-23(29-20)15-5-6-18(27)17(25)11-15/h2-11H,12H2,1H3/b20-9-. The summed E-state index contributed by atoms with van der Waals surface area (Å²) in [7, 11) is 1.53. The first-order valence-electron chi connectivity index (χ1n) is 9.57. The number of methoxy groups -OCH3 is 1. The van der Waals surface area contributed by atoms with E-state index in [1.165, 1.54) is 19.2 Å². The fraction of sp³-hybridized carbons (Fsp3) is 0.0833. The highest BCUT2D eigenvalue weighted by molar-refractivity contribution is 14.1. The molecule has 3 aromatic rings. The first-order valence-corrected chi connectivity index (χ1v) is 12.5. The van der Waals surface area contributed by atoms with Crippen LogP contribution in [-0.4, -0.2) is 19.0 Å². The van der Waals surface area contributed by atoms with E-state index in [0.717, 1.165) is 11.6 Å². The number of carbonyl (C=O) groups is 1. The van der Waals surface area contributed by atoms with E-state index in [4.69, 9.17) is 14.2 Å². The molecule has 0 amide bonds. The first kappa shape index (κ1) is 24.1. The quantitative estimate of drug-likeness (QED) is 0.160. The van der Waals surface area contributed by atoms with Gasteiger partial charge in [-0.1, -0.05) is 12.1 Å². The van der Waals surface area contributed by atoms with E-state index in [1.54, 1.807) is 24.3 Å². The molecule has 1 heterocycles. The fourth-order valence-corrected chi connectivity index (χ4v) is 4.56. The Morgan fingerprint density at radius 2 is 1.94 bits per heavy atom. The summed E-state index contributed by atoms with van der Waals surface area (Å²) < 4.78 is 32.9. The summed E-state index contributed by atoms with van der Waals surface area (Å²) >= 11 is 7.81. The third-order valence-corrected chi connectivity index (χ3v) is 7.75. The van der Waals surface area contributed by atoms with Crippen LogP contribution in [0.2, 0.25) is 0 Å². The molecular weight excluding hydrogens is 719 g/mol. The Bertz CT molecular complexity index is 1310. The van der Waals surface area contributed by atoms with Gasteiger partial charge in [-0.25, -0.2) is 14.2 Å². The largest absolute Gasteiger partial charge is 0.493 e. The highest BCUT2D eigenvalue weighted by Crippen LogP contribution is 2.35. The topological polar surface area (TPSA) is 57.1 Å². The summed E-state index contributed by atoms with van der Waals surface area (Å²) in [4.78, 5) is 16.8. The van der Waals surface area contributed by atoms with Gasteiger partial charge in [0.25, 0.3) is 0 Å². The van der Waals surface area contributed by atoms with Crippen LogP contribution < -0.4 is 9.47 Å². The lowest BCUT2D eigenvalue weighted by Gasteiger charge is -2.14. The molecule has 0 spiro atoms. The van der Waals surface area contributed by atoms with Gasteiger partial charge < -0.3 is 14.2 Å². The molecule has 1 aliphatic heterocycles. The second kappa shape index (κ2) is 10.5. The van der Waals surface area contributed by atoms with Crippen LogP contribution in [0.5, 0.6) is 11.5 Å². The SMILES string of the molecule is COc1cc(/C=C2\N=C(c3ccc(I)c(Br)c3)OC2=O)cc(I)c1OCc1cccc(F)c1. The van der Waals surface area contributed by atoms with Crippen molar-refractivity contribution in [3.8, 4) is 11.5 Å². The number of nitrogens with zero attached hydrogens (tertiary/aromatic N) is 1. The molecule has 33 heavy (non-hydrogen) atoms. The fourth-order valence-electron chi connectivity index (χ4n) is 3.07. The summed E-state index contributed by atoms with van der Waals surface area (Å²) in [5, 5.41) is 0. The van der Waals surface area contributed by atoms with Crippen molar-refractivity contribution in [3.05, 3.63) is 94.4 Å². The molecule has 0 atom stereocenters. The Morgan fingerprint density at radius 1 is 1.12 bits per heavy atom. The van der Waals surface area contributed by atoms with Gasteiger partial charge >= 0.3 is 5.97 Å². The molecule has 168 valence electrons. The highest BCUT2D eigenvalue weighted by Gasteiger charge is 2.25. The Kier molecular flexibility index (Phi) is 7.69. The van der Waals surface area contributed by atoms with Gasteiger partial charge in [-0.2, -0.15) is 0 Å².